The predicted octanol–water partition coefficient (Wildman–Crippen LogP) is 1.80. The molecule has 3 rings (SSSR count). The molecule has 2 heterocycles. The van der Waals surface area contributed by atoms with Crippen LogP contribution in [0.3, 0.4) is 0 Å². The molecule has 1 saturated heterocycles. The fourth-order valence-corrected chi connectivity index (χ4v) is 3.36. The molecule has 0 radical (unpaired) electrons. The van der Waals surface area contributed by atoms with Gasteiger partial charge in [0.1, 0.15) is 23.2 Å². The first kappa shape index (κ1) is 19.3. The minimum absolute atomic E-state index is 0.0964. The van der Waals surface area contributed by atoms with Crippen molar-refractivity contribution < 1.29 is 13.9 Å². The summed E-state index contributed by atoms with van der Waals surface area (Å²) in [6, 6.07) is 5.82. The van der Waals surface area contributed by atoms with Crippen LogP contribution in [0.15, 0.2) is 24.3 Å². The first-order valence-corrected chi connectivity index (χ1v) is 9.13. The number of hydrogen-bond donors (Lipinski definition) is 0. The molecule has 1 aromatic carbocycles. The van der Waals surface area contributed by atoms with Gasteiger partial charge in [-0.25, -0.2) is 4.39 Å². The highest BCUT2D eigenvalue weighted by atomic mass is 19.1. The van der Waals surface area contributed by atoms with Gasteiger partial charge in [0.05, 0.1) is 6.54 Å². The van der Waals surface area contributed by atoms with Crippen molar-refractivity contribution in [3.05, 3.63) is 41.7 Å². The van der Waals surface area contributed by atoms with Gasteiger partial charge in [-0.05, 0) is 39.1 Å². The van der Waals surface area contributed by atoms with Gasteiger partial charge in [0.15, 0.2) is 6.61 Å². The van der Waals surface area contributed by atoms with Gasteiger partial charge in [0.25, 0.3) is 5.91 Å². The van der Waals surface area contributed by atoms with E-state index in [2.05, 4.69) is 10.2 Å². The number of piperidine rings is 1. The minimum Gasteiger partial charge on any atom is -0.484 e. The summed E-state index contributed by atoms with van der Waals surface area (Å²) in [7, 11) is 5.96. The maximum absolute atomic E-state index is 13.2. The number of likely N-dealkylation sites (tertiary alicyclic amines) is 1. The van der Waals surface area contributed by atoms with E-state index in [9.17, 15) is 9.18 Å². The number of halogens is 1. The third-order valence-electron chi connectivity index (χ3n) is 4.75. The number of amides is 1. The van der Waals surface area contributed by atoms with E-state index in [0.29, 0.717) is 18.8 Å². The van der Waals surface area contributed by atoms with Crippen LogP contribution in [0.2, 0.25) is 0 Å². The van der Waals surface area contributed by atoms with Gasteiger partial charge >= 0.3 is 0 Å². The Balaban J connectivity index is 1.60. The summed E-state index contributed by atoms with van der Waals surface area (Å²) < 4.78 is 20.7. The lowest BCUT2D eigenvalue weighted by atomic mass is 9.97. The van der Waals surface area contributed by atoms with Gasteiger partial charge < -0.3 is 19.1 Å². The molecule has 8 heteroatoms. The number of carbonyl (C=O) groups is 1. The summed E-state index contributed by atoms with van der Waals surface area (Å²) in [6.45, 7) is 1.92. The lowest BCUT2D eigenvalue weighted by Crippen LogP contribution is -2.42. The highest BCUT2D eigenvalue weighted by Gasteiger charge is 2.28. The number of hydrogen-bond acceptors (Lipinski definition) is 5. The van der Waals surface area contributed by atoms with Crippen molar-refractivity contribution in [2.24, 2.45) is 7.05 Å². The number of ether oxygens (including phenoxy) is 1. The molecule has 1 fully saturated rings. The molecule has 1 aliphatic heterocycles. The maximum atomic E-state index is 13.2. The topological polar surface area (TPSA) is 63.5 Å². The van der Waals surface area contributed by atoms with E-state index in [-0.39, 0.29) is 24.2 Å². The van der Waals surface area contributed by atoms with Crippen LogP contribution in [-0.4, -0.2) is 64.3 Å². The molecule has 0 saturated carbocycles. The molecule has 1 aliphatic rings. The molecule has 0 N–H and O–H groups in total. The Labute approximate surface area is 158 Å². The summed E-state index contributed by atoms with van der Waals surface area (Å²) >= 11 is 0. The molecule has 0 unspecified atom stereocenters. The number of aromatic nitrogens is 3. The molecule has 7 nitrogen and oxygen atoms in total. The number of nitrogens with zero attached hydrogens (tertiary/aromatic N) is 5. The zero-order chi connectivity index (χ0) is 19.4. The first-order chi connectivity index (χ1) is 12.9. The van der Waals surface area contributed by atoms with Crippen LogP contribution in [0, 0.1) is 5.82 Å². The molecule has 27 heavy (non-hydrogen) atoms. The zero-order valence-electron chi connectivity index (χ0n) is 16.1. The molecule has 0 bridgehead atoms. The first-order valence-electron chi connectivity index (χ1n) is 9.13. The van der Waals surface area contributed by atoms with E-state index >= 15 is 0 Å². The van der Waals surface area contributed by atoms with Crippen LogP contribution in [0.25, 0.3) is 0 Å². The SMILES string of the molecule is CN(C)Cc1nnc([C@@H]2CCCN(C(=O)COc3cccc(F)c3)C2)n1C. The van der Waals surface area contributed by atoms with Crippen molar-refractivity contribution in [3.63, 3.8) is 0 Å². The Morgan fingerprint density at radius 2 is 2.19 bits per heavy atom. The van der Waals surface area contributed by atoms with E-state index in [4.69, 9.17) is 4.74 Å². The summed E-state index contributed by atoms with van der Waals surface area (Å²) in [5, 5.41) is 8.66. The number of rotatable bonds is 6. The summed E-state index contributed by atoms with van der Waals surface area (Å²) in [6.07, 6.45) is 1.88. The van der Waals surface area contributed by atoms with Gasteiger partial charge in [0.2, 0.25) is 0 Å². The number of carbonyl (C=O) groups excluding carboxylic acids is 1. The standard InChI is InChI=1S/C19H26FN5O2/c1-23(2)12-17-21-22-19(24(17)3)14-6-5-9-25(11-14)18(26)13-27-16-8-4-7-15(20)10-16/h4,7-8,10,14H,5-6,9,11-13H2,1-3H3/t14-/m1/s1. The van der Waals surface area contributed by atoms with Crippen LogP contribution in [0.5, 0.6) is 5.75 Å². The molecule has 2 aromatic rings. The zero-order valence-corrected chi connectivity index (χ0v) is 16.1. The fourth-order valence-electron chi connectivity index (χ4n) is 3.36. The van der Waals surface area contributed by atoms with Gasteiger partial charge in [-0.3, -0.25) is 4.79 Å². The Kier molecular flexibility index (Phi) is 6.05. The van der Waals surface area contributed by atoms with Crippen LogP contribution >= 0.6 is 0 Å². The Bertz CT molecular complexity index is 792. The average molecular weight is 375 g/mol. The van der Waals surface area contributed by atoms with E-state index in [1.165, 1.54) is 12.1 Å². The van der Waals surface area contributed by atoms with Crippen LogP contribution in [-0.2, 0) is 18.4 Å². The quantitative estimate of drug-likeness (QED) is 0.770. The van der Waals surface area contributed by atoms with Gasteiger partial charge in [-0.1, -0.05) is 6.07 Å². The van der Waals surface area contributed by atoms with E-state index in [0.717, 1.165) is 31.0 Å². The molecular weight excluding hydrogens is 349 g/mol. The van der Waals surface area contributed by atoms with Gasteiger partial charge in [-0.2, -0.15) is 0 Å². The summed E-state index contributed by atoms with van der Waals surface area (Å²) in [5.41, 5.74) is 0. The second-order valence-corrected chi connectivity index (χ2v) is 7.20. The van der Waals surface area contributed by atoms with Crippen LogP contribution < -0.4 is 4.74 Å². The van der Waals surface area contributed by atoms with Crippen LogP contribution in [0.4, 0.5) is 4.39 Å². The van der Waals surface area contributed by atoms with E-state index in [1.807, 2.05) is 30.6 Å². The third-order valence-corrected chi connectivity index (χ3v) is 4.75. The maximum Gasteiger partial charge on any atom is 0.260 e. The lowest BCUT2D eigenvalue weighted by molar-refractivity contribution is -0.134. The molecule has 0 aliphatic carbocycles. The monoisotopic (exact) mass is 375 g/mol. The largest absolute Gasteiger partial charge is 0.484 e. The second-order valence-electron chi connectivity index (χ2n) is 7.20. The van der Waals surface area contributed by atoms with E-state index < -0.39 is 0 Å². The van der Waals surface area contributed by atoms with E-state index in [1.54, 1.807) is 17.0 Å². The normalized spacial score (nSPS) is 17.4. The molecule has 1 aromatic heterocycles. The molecule has 1 atom stereocenters. The minimum atomic E-state index is -0.381. The van der Waals surface area contributed by atoms with Crippen molar-refractivity contribution in [1.82, 2.24) is 24.6 Å². The fraction of sp³-hybridized carbons (Fsp3) is 0.526. The highest BCUT2D eigenvalue weighted by Crippen LogP contribution is 2.26. The van der Waals surface area contributed by atoms with Crippen LogP contribution in [0.1, 0.15) is 30.4 Å². The Hall–Kier alpha value is -2.48. The summed E-state index contributed by atoms with van der Waals surface area (Å²) in [5.74, 6) is 1.86. The van der Waals surface area contributed by atoms with Crippen molar-refractivity contribution >= 4 is 5.91 Å². The van der Waals surface area contributed by atoms with Crippen molar-refractivity contribution in [1.29, 1.82) is 0 Å². The molecule has 0 spiro atoms. The van der Waals surface area contributed by atoms with Gasteiger partial charge in [0, 0.05) is 32.1 Å². The van der Waals surface area contributed by atoms with Gasteiger partial charge in [-0.15, -0.1) is 10.2 Å². The molecule has 1 amide bonds. The van der Waals surface area contributed by atoms with Crippen molar-refractivity contribution in [2.75, 3.05) is 33.8 Å². The average Bonchev–Trinajstić information content (AvgIpc) is 3.00. The Morgan fingerprint density at radius 3 is 2.93 bits per heavy atom. The molecule has 146 valence electrons. The van der Waals surface area contributed by atoms with Crippen molar-refractivity contribution in [3.8, 4) is 5.75 Å². The Morgan fingerprint density at radius 1 is 1.37 bits per heavy atom. The number of benzene rings is 1. The second kappa shape index (κ2) is 8.47. The predicted molar refractivity (Wildman–Crippen MR) is 98.8 cm³/mol. The smallest absolute Gasteiger partial charge is 0.260 e. The lowest BCUT2D eigenvalue weighted by Gasteiger charge is -2.32. The molecular formula is C19H26FN5O2. The highest BCUT2D eigenvalue weighted by molar-refractivity contribution is 5.78. The summed E-state index contributed by atoms with van der Waals surface area (Å²) in [4.78, 5) is 16.4. The van der Waals surface area contributed by atoms with Crippen molar-refractivity contribution in [2.45, 2.75) is 25.3 Å². The third kappa shape index (κ3) is 4.82.